The first-order valence-electron chi connectivity index (χ1n) is 9.34. The Labute approximate surface area is 164 Å². The Balaban J connectivity index is 1.93. The van der Waals surface area contributed by atoms with Gasteiger partial charge in [0.2, 0.25) is 5.91 Å². The van der Waals surface area contributed by atoms with E-state index in [1.54, 1.807) is 36.2 Å². The summed E-state index contributed by atoms with van der Waals surface area (Å²) >= 11 is 0. The molecule has 28 heavy (non-hydrogen) atoms. The minimum absolute atomic E-state index is 0.217. The van der Waals surface area contributed by atoms with E-state index in [0.717, 1.165) is 5.56 Å². The van der Waals surface area contributed by atoms with Gasteiger partial charge in [-0.3, -0.25) is 9.59 Å². The summed E-state index contributed by atoms with van der Waals surface area (Å²) in [7, 11) is 1.57. The summed E-state index contributed by atoms with van der Waals surface area (Å²) in [6, 6.07) is 15.1. The van der Waals surface area contributed by atoms with E-state index in [2.05, 4.69) is 5.32 Å². The first kappa shape index (κ1) is 19.9. The number of amides is 2. The van der Waals surface area contributed by atoms with Gasteiger partial charge in [0.05, 0.1) is 6.04 Å². The summed E-state index contributed by atoms with van der Waals surface area (Å²) in [5.41, 5.74) is 13.2. The van der Waals surface area contributed by atoms with Gasteiger partial charge >= 0.3 is 0 Å². The Morgan fingerprint density at radius 3 is 2.43 bits per heavy atom. The molecule has 7 nitrogen and oxygen atoms in total. The van der Waals surface area contributed by atoms with Gasteiger partial charge in [-0.25, -0.2) is 0 Å². The predicted molar refractivity (Wildman–Crippen MR) is 107 cm³/mol. The molecule has 2 aromatic rings. The van der Waals surface area contributed by atoms with Crippen LogP contribution in [0.15, 0.2) is 54.6 Å². The van der Waals surface area contributed by atoms with E-state index in [9.17, 15) is 9.59 Å². The zero-order valence-electron chi connectivity index (χ0n) is 15.9. The SMILES string of the molecule is CNC(=O)[C@@H]1C[C@@H](N)[C@H](c2ccccc2)N1C(=O)c1ccc(OCCN)cc1. The van der Waals surface area contributed by atoms with Crippen molar-refractivity contribution in [3.63, 3.8) is 0 Å². The number of nitrogens with zero attached hydrogens (tertiary/aromatic N) is 1. The molecule has 0 aliphatic carbocycles. The molecule has 0 aromatic heterocycles. The van der Waals surface area contributed by atoms with E-state index in [-0.39, 0.29) is 23.9 Å². The minimum Gasteiger partial charge on any atom is -0.492 e. The highest BCUT2D eigenvalue weighted by atomic mass is 16.5. The van der Waals surface area contributed by atoms with Gasteiger partial charge in [0.1, 0.15) is 18.4 Å². The van der Waals surface area contributed by atoms with Crippen molar-refractivity contribution in [1.82, 2.24) is 10.2 Å². The predicted octanol–water partition coefficient (Wildman–Crippen LogP) is 1.05. The Bertz CT molecular complexity index is 810. The maximum atomic E-state index is 13.4. The van der Waals surface area contributed by atoms with Crippen LogP contribution in [0.5, 0.6) is 5.75 Å². The van der Waals surface area contributed by atoms with Crippen molar-refractivity contribution < 1.29 is 14.3 Å². The van der Waals surface area contributed by atoms with Crippen LogP contribution in [0.2, 0.25) is 0 Å². The zero-order valence-corrected chi connectivity index (χ0v) is 15.9. The number of hydrogen-bond acceptors (Lipinski definition) is 5. The molecule has 0 spiro atoms. The molecule has 0 bridgehead atoms. The number of likely N-dealkylation sites (tertiary alicyclic amines) is 1. The van der Waals surface area contributed by atoms with Crippen LogP contribution in [0.3, 0.4) is 0 Å². The van der Waals surface area contributed by atoms with Crippen LogP contribution in [0.1, 0.15) is 28.4 Å². The van der Waals surface area contributed by atoms with E-state index in [1.165, 1.54) is 0 Å². The van der Waals surface area contributed by atoms with Crippen molar-refractivity contribution in [3.8, 4) is 5.75 Å². The van der Waals surface area contributed by atoms with Gasteiger partial charge in [0, 0.05) is 25.2 Å². The number of rotatable bonds is 6. The molecule has 1 aliphatic rings. The molecule has 0 radical (unpaired) electrons. The molecule has 1 aliphatic heterocycles. The lowest BCUT2D eigenvalue weighted by Gasteiger charge is -2.31. The van der Waals surface area contributed by atoms with Gasteiger partial charge in [-0.15, -0.1) is 0 Å². The molecule has 148 valence electrons. The average molecular weight is 382 g/mol. The number of nitrogens with two attached hydrogens (primary N) is 2. The molecule has 1 saturated heterocycles. The molecule has 3 rings (SSSR count). The molecular formula is C21H26N4O3. The zero-order chi connectivity index (χ0) is 20.1. The highest BCUT2D eigenvalue weighted by Crippen LogP contribution is 2.37. The number of benzene rings is 2. The number of hydrogen-bond donors (Lipinski definition) is 3. The maximum Gasteiger partial charge on any atom is 0.255 e. The fourth-order valence-electron chi connectivity index (χ4n) is 3.65. The third-order valence-electron chi connectivity index (χ3n) is 4.95. The van der Waals surface area contributed by atoms with Crippen LogP contribution in [-0.2, 0) is 4.79 Å². The van der Waals surface area contributed by atoms with E-state index in [4.69, 9.17) is 16.2 Å². The molecule has 1 heterocycles. The monoisotopic (exact) mass is 382 g/mol. The molecule has 1 fully saturated rings. The van der Waals surface area contributed by atoms with Crippen molar-refractivity contribution in [3.05, 3.63) is 65.7 Å². The molecule has 0 saturated carbocycles. The van der Waals surface area contributed by atoms with Gasteiger partial charge in [-0.2, -0.15) is 0 Å². The lowest BCUT2D eigenvalue weighted by molar-refractivity contribution is -0.124. The number of ether oxygens (including phenoxy) is 1. The quantitative estimate of drug-likeness (QED) is 0.692. The summed E-state index contributed by atoms with van der Waals surface area (Å²) in [6.07, 6.45) is 0.405. The summed E-state index contributed by atoms with van der Waals surface area (Å²) in [6.45, 7) is 0.821. The third-order valence-corrected chi connectivity index (χ3v) is 4.95. The largest absolute Gasteiger partial charge is 0.492 e. The lowest BCUT2D eigenvalue weighted by Crippen LogP contribution is -2.46. The molecule has 3 atom stereocenters. The van der Waals surface area contributed by atoms with Crippen LogP contribution in [0.25, 0.3) is 0 Å². The van der Waals surface area contributed by atoms with Gasteiger partial charge < -0.3 is 26.4 Å². The number of carbonyl (C=O) groups excluding carboxylic acids is 2. The smallest absolute Gasteiger partial charge is 0.255 e. The van der Waals surface area contributed by atoms with Gasteiger partial charge in [0.15, 0.2) is 0 Å². The molecule has 7 heteroatoms. The Hall–Kier alpha value is -2.90. The normalized spacial score (nSPS) is 21.4. The minimum atomic E-state index is -0.620. The van der Waals surface area contributed by atoms with Gasteiger partial charge in [-0.05, 0) is 36.2 Å². The van der Waals surface area contributed by atoms with Crippen LogP contribution in [-0.4, -0.2) is 49.0 Å². The van der Waals surface area contributed by atoms with Crippen molar-refractivity contribution in [2.45, 2.75) is 24.5 Å². The van der Waals surface area contributed by atoms with Crippen molar-refractivity contribution in [2.24, 2.45) is 11.5 Å². The van der Waals surface area contributed by atoms with Crippen LogP contribution < -0.4 is 21.5 Å². The molecule has 2 aromatic carbocycles. The fourth-order valence-corrected chi connectivity index (χ4v) is 3.65. The maximum absolute atomic E-state index is 13.4. The third kappa shape index (κ3) is 4.00. The molecule has 5 N–H and O–H groups in total. The number of likely N-dealkylation sites (N-methyl/N-ethyl adjacent to an activating group) is 1. The Morgan fingerprint density at radius 1 is 1.14 bits per heavy atom. The van der Waals surface area contributed by atoms with Gasteiger partial charge in [0.25, 0.3) is 5.91 Å². The summed E-state index contributed by atoms with van der Waals surface area (Å²) in [5.74, 6) is 0.188. The molecule has 0 unspecified atom stereocenters. The van der Waals surface area contributed by atoms with E-state index >= 15 is 0 Å². The van der Waals surface area contributed by atoms with Crippen LogP contribution in [0, 0.1) is 0 Å². The standard InChI is InChI=1S/C21H26N4O3/c1-24-20(26)18-13-17(23)19(14-5-3-2-4-6-14)25(18)21(27)15-7-9-16(10-8-15)28-12-11-22/h2-10,17-19H,11-13,22-23H2,1H3,(H,24,26)/t17-,18+,19+/m1/s1. The fraction of sp³-hybridized carbons (Fsp3) is 0.333. The van der Waals surface area contributed by atoms with Crippen molar-refractivity contribution in [1.29, 1.82) is 0 Å². The summed E-state index contributed by atoms with van der Waals surface area (Å²) < 4.78 is 5.47. The second kappa shape index (κ2) is 8.86. The molecular weight excluding hydrogens is 356 g/mol. The summed E-state index contributed by atoms with van der Waals surface area (Å²) in [4.78, 5) is 27.4. The number of carbonyl (C=O) groups is 2. The lowest BCUT2D eigenvalue weighted by atomic mass is 10.0. The van der Waals surface area contributed by atoms with Gasteiger partial charge in [-0.1, -0.05) is 30.3 Å². The number of nitrogens with one attached hydrogen (secondary N) is 1. The highest BCUT2D eigenvalue weighted by molar-refractivity contribution is 5.98. The Morgan fingerprint density at radius 2 is 1.82 bits per heavy atom. The second-order valence-corrected chi connectivity index (χ2v) is 6.76. The highest BCUT2D eigenvalue weighted by Gasteiger charge is 2.46. The van der Waals surface area contributed by atoms with E-state index in [0.29, 0.717) is 30.9 Å². The van der Waals surface area contributed by atoms with E-state index in [1.807, 2.05) is 30.3 Å². The van der Waals surface area contributed by atoms with E-state index < -0.39 is 6.04 Å². The van der Waals surface area contributed by atoms with Crippen molar-refractivity contribution >= 4 is 11.8 Å². The average Bonchev–Trinajstić information content (AvgIpc) is 3.09. The van der Waals surface area contributed by atoms with Crippen LogP contribution in [0.4, 0.5) is 0 Å². The topological polar surface area (TPSA) is 111 Å². The first-order valence-corrected chi connectivity index (χ1v) is 9.34. The second-order valence-electron chi connectivity index (χ2n) is 6.76. The Kier molecular flexibility index (Phi) is 6.28. The summed E-state index contributed by atoms with van der Waals surface area (Å²) in [5, 5.41) is 2.65. The first-order chi connectivity index (χ1) is 13.6. The van der Waals surface area contributed by atoms with Crippen LogP contribution >= 0.6 is 0 Å². The molecule has 2 amide bonds. The van der Waals surface area contributed by atoms with Crippen molar-refractivity contribution in [2.75, 3.05) is 20.2 Å².